The van der Waals surface area contributed by atoms with Crippen molar-refractivity contribution in [2.24, 2.45) is 5.92 Å². The van der Waals surface area contributed by atoms with Crippen LogP contribution in [-0.2, 0) is 4.74 Å². The van der Waals surface area contributed by atoms with Crippen LogP contribution in [-0.4, -0.2) is 12.6 Å². The zero-order valence-corrected chi connectivity index (χ0v) is 8.86. The first-order chi connectivity index (χ1) is 7.13. The number of carbonyl (C=O) groups excluding carboxylic acids is 1. The molecule has 0 fully saturated rings. The molecule has 0 aliphatic heterocycles. The first-order valence-corrected chi connectivity index (χ1v) is 4.80. The normalized spacial score (nSPS) is 9.73. The van der Waals surface area contributed by atoms with Gasteiger partial charge >= 0.3 is 5.97 Å². The van der Waals surface area contributed by atoms with Crippen molar-refractivity contribution in [3.8, 4) is 6.07 Å². The number of nitriles is 1. The molecule has 3 nitrogen and oxygen atoms in total. The van der Waals surface area contributed by atoms with Crippen LogP contribution in [0.2, 0.25) is 0 Å². The highest BCUT2D eigenvalue weighted by Gasteiger charge is 2.08. The third-order valence-electron chi connectivity index (χ3n) is 1.78. The summed E-state index contributed by atoms with van der Waals surface area (Å²) in [5.74, 6) is -0.0612. The highest BCUT2D eigenvalue weighted by molar-refractivity contribution is 5.89. The second-order valence-corrected chi connectivity index (χ2v) is 3.68. The fraction of sp³-hybridized carbons (Fsp3) is 0.333. The van der Waals surface area contributed by atoms with Gasteiger partial charge in [0.2, 0.25) is 0 Å². The molecular weight excluding hydrogens is 190 g/mol. The zero-order valence-electron chi connectivity index (χ0n) is 8.86. The van der Waals surface area contributed by atoms with Gasteiger partial charge in [-0.1, -0.05) is 19.9 Å². The van der Waals surface area contributed by atoms with E-state index >= 15 is 0 Å². The van der Waals surface area contributed by atoms with Gasteiger partial charge in [0, 0.05) is 0 Å². The Morgan fingerprint density at radius 1 is 1.53 bits per heavy atom. The molecule has 0 aliphatic rings. The fourth-order valence-corrected chi connectivity index (χ4v) is 1.04. The lowest BCUT2D eigenvalue weighted by Gasteiger charge is -2.06. The predicted octanol–water partition coefficient (Wildman–Crippen LogP) is 2.37. The minimum Gasteiger partial charge on any atom is -0.462 e. The summed E-state index contributed by atoms with van der Waals surface area (Å²) in [6.45, 7) is 4.34. The molecule has 0 bridgehead atoms. The van der Waals surface area contributed by atoms with Crippen molar-refractivity contribution in [2.75, 3.05) is 6.61 Å². The van der Waals surface area contributed by atoms with Crippen LogP contribution in [0.25, 0.3) is 0 Å². The summed E-state index contributed by atoms with van der Waals surface area (Å²) >= 11 is 0. The summed E-state index contributed by atoms with van der Waals surface area (Å²) in [6.07, 6.45) is 0. The first-order valence-electron chi connectivity index (χ1n) is 4.80. The van der Waals surface area contributed by atoms with Crippen LogP contribution in [0.3, 0.4) is 0 Å². The van der Waals surface area contributed by atoms with Gasteiger partial charge < -0.3 is 4.74 Å². The van der Waals surface area contributed by atoms with Gasteiger partial charge in [-0.25, -0.2) is 4.79 Å². The predicted molar refractivity (Wildman–Crippen MR) is 56.3 cm³/mol. The maximum Gasteiger partial charge on any atom is 0.338 e. The molecule has 0 amide bonds. The van der Waals surface area contributed by atoms with Crippen molar-refractivity contribution >= 4 is 5.97 Å². The van der Waals surface area contributed by atoms with E-state index in [1.165, 1.54) is 6.07 Å². The van der Waals surface area contributed by atoms with Crippen LogP contribution in [0.5, 0.6) is 0 Å². The standard InChI is InChI=1S/C12H13NO2/c1-9(2)8-15-12(14)11-5-3-4-10(6-11)7-13/h3-6,9H,8H2,1-2H3. The molecule has 0 N–H and O–H groups in total. The molecule has 0 unspecified atom stereocenters. The Labute approximate surface area is 89.3 Å². The van der Waals surface area contributed by atoms with E-state index in [2.05, 4.69) is 0 Å². The van der Waals surface area contributed by atoms with Gasteiger partial charge in [-0.2, -0.15) is 5.26 Å². The van der Waals surface area contributed by atoms with Crippen LogP contribution in [0, 0.1) is 17.2 Å². The smallest absolute Gasteiger partial charge is 0.338 e. The Morgan fingerprint density at radius 3 is 2.87 bits per heavy atom. The van der Waals surface area contributed by atoms with Crippen molar-refractivity contribution in [3.05, 3.63) is 35.4 Å². The highest BCUT2D eigenvalue weighted by Crippen LogP contribution is 2.06. The van der Waals surface area contributed by atoms with E-state index in [1.807, 2.05) is 19.9 Å². The maximum absolute atomic E-state index is 11.5. The van der Waals surface area contributed by atoms with Gasteiger partial charge in [-0.3, -0.25) is 0 Å². The van der Waals surface area contributed by atoms with Gasteiger partial charge in [0.1, 0.15) is 0 Å². The summed E-state index contributed by atoms with van der Waals surface area (Å²) in [5.41, 5.74) is 0.892. The SMILES string of the molecule is CC(C)COC(=O)c1cccc(C#N)c1. The van der Waals surface area contributed by atoms with E-state index in [0.717, 1.165) is 0 Å². The van der Waals surface area contributed by atoms with Crippen LogP contribution < -0.4 is 0 Å². The lowest BCUT2D eigenvalue weighted by atomic mass is 10.1. The van der Waals surface area contributed by atoms with Crippen LogP contribution in [0.1, 0.15) is 29.8 Å². The topological polar surface area (TPSA) is 50.1 Å². The molecule has 0 saturated heterocycles. The summed E-state index contributed by atoms with van der Waals surface area (Å²) in [6, 6.07) is 8.48. The molecule has 0 heterocycles. The first kappa shape index (κ1) is 11.3. The molecule has 1 aromatic carbocycles. The minimum absolute atomic E-state index is 0.313. The van der Waals surface area contributed by atoms with Crippen LogP contribution in [0.4, 0.5) is 0 Å². The minimum atomic E-state index is -0.374. The molecule has 0 radical (unpaired) electrons. The molecule has 0 aromatic heterocycles. The van der Waals surface area contributed by atoms with Gasteiger partial charge in [0.15, 0.2) is 0 Å². The van der Waals surface area contributed by atoms with E-state index < -0.39 is 0 Å². The molecule has 15 heavy (non-hydrogen) atoms. The van der Waals surface area contributed by atoms with E-state index in [0.29, 0.717) is 23.7 Å². The van der Waals surface area contributed by atoms with Crippen molar-refractivity contribution in [2.45, 2.75) is 13.8 Å². The average molecular weight is 203 g/mol. The third kappa shape index (κ3) is 3.43. The van der Waals surface area contributed by atoms with Crippen molar-refractivity contribution in [3.63, 3.8) is 0 Å². The molecule has 0 atom stereocenters. The van der Waals surface area contributed by atoms with Crippen molar-refractivity contribution in [1.29, 1.82) is 5.26 Å². The maximum atomic E-state index is 11.5. The van der Waals surface area contributed by atoms with E-state index in [9.17, 15) is 4.79 Å². The Morgan fingerprint density at radius 2 is 2.27 bits per heavy atom. The van der Waals surface area contributed by atoms with E-state index in [-0.39, 0.29) is 5.97 Å². The molecule has 0 saturated carbocycles. The fourth-order valence-electron chi connectivity index (χ4n) is 1.04. The monoisotopic (exact) mass is 203 g/mol. The number of hydrogen-bond acceptors (Lipinski definition) is 3. The number of nitrogens with zero attached hydrogens (tertiary/aromatic N) is 1. The largest absolute Gasteiger partial charge is 0.462 e. The Kier molecular flexibility index (Phi) is 3.87. The zero-order chi connectivity index (χ0) is 11.3. The lowest BCUT2D eigenvalue weighted by Crippen LogP contribution is -2.10. The molecule has 0 spiro atoms. The number of esters is 1. The summed E-state index contributed by atoms with van der Waals surface area (Å²) in [7, 11) is 0. The second kappa shape index (κ2) is 5.16. The number of benzene rings is 1. The van der Waals surface area contributed by atoms with E-state index in [1.54, 1.807) is 18.2 Å². The van der Waals surface area contributed by atoms with Crippen molar-refractivity contribution in [1.82, 2.24) is 0 Å². The summed E-state index contributed by atoms with van der Waals surface area (Å²) in [5, 5.41) is 8.66. The van der Waals surface area contributed by atoms with Gasteiger partial charge in [0.05, 0.1) is 23.8 Å². The Hall–Kier alpha value is -1.82. The number of ether oxygens (including phenoxy) is 1. The van der Waals surface area contributed by atoms with Crippen LogP contribution >= 0.6 is 0 Å². The van der Waals surface area contributed by atoms with Gasteiger partial charge in [0.25, 0.3) is 0 Å². The lowest BCUT2D eigenvalue weighted by molar-refractivity contribution is 0.0459. The van der Waals surface area contributed by atoms with Gasteiger partial charge in [-0.05, 0) is 24.1 Å². The Balaban J connectivity index is 2.70. The average Bonchev–Trinajstić information content (AvgIpc) is 2.26. The molecule has 0 aliphatic carbocycles. The third-order valence-corrected chi connectivity index (χ3v) is 1.78. The molecule has 1 aromatic rings. The summed E-state index contributed by atoms with van der Waals surface area (Å²) in [4.78, 5) is 11.5. The van der Waals surface area contributed by atoms with E-state index in [4.69, 9.17) is 10.00 Å². The summed E-state index contributed by atoms with van der Waals surface area (Å²) < 4.78 is 5.04. The van der Waals surface area contributed by atoms with Crippen molar-refractivity contribution < 1.29 is 9.53 Å². The Bertz CT molecular complexity index is 391. The second-order valence-electron chi connectivity index (χ2n) is 3.68. The quantitative estimate of drug-likeness (QED) is 0.708. The number of carbonyl (C=O) groups is 1. The number of hydrogen-bond donors (Lipinski definition) is 0. The van der Waals surface area contributed by atoms with Crippen LogP contribution in [0.15, 0.2) is 24.3 Å². The van der Waals surface area contributed by atoms with Gasteiger partial charge in [-0.15, -0.1) is 0 Å². The number of rotatable bonds is 3. The molecule has 78 valence electrons. The molecular formula is C12H13NO2. The highest BCUT2D eigenvalue weighted by atomic mass is 16.5. The molecule has 1 rings (SSSR count). The molecule has 3 heteroatoms.